The van der Waals surface area contributed by atoms with E-state index in [1.165, 1.54) is 5.84 Å². The summed E-state index contributed by atoms with van der Waals surface area (Å²) in [6.07, 6.45) is 3.22. The van der Waals surface area contributed by atoms with Crippen molar-refractivity contribution in [3.05, 3.63) is 59.1 Å². The summed E-state index contributed by atoms with van der Waals surface area (Å²) in [6.45, 7) is 1.37. The Balaban J connectivity index is 1.75. The van der Waals surface area contributed by atoms with Crippen LogP contribution >= 0.6 is 11.6 Å². The van der Waals surface area contributed by atoms with E-state index in [9.17, 15) is 5.11 Å². The molecule has 1 atom stereocenters. The van der Waals surface area contributed by atoms with Gasteiger partial charge in [-0.15, -0.1) is 0 Å². The van der Waals surface area contributed by atoms with E-state index < -0.39 is 5.72 Å². The average Bonchev–Trinajstić information content (AvgIpc) is 2.97. The van der Waals surface area contributed by atoms with E-state index in [2.05, 4.69) is 9.48 Å². The van der Waals surface area contributed by atoms with Gasteiger partial charge in [0.05, 0.1) is 13.7 Å². The first-order chi connectivity index (χ1) is 12.1. The molecule has 0 fully saturated rings. The highest BCUT2D eigenvalue weighted by Crippen LogP contribution is 2.36. The van der Waals surface area contributed by atoms with E-state index >= 15 is 0 Å². The SMILES string of the molecule is COc1ccc(N2C[C@](O)(c3ccc(Cl)cc3)[N+]3=C2CCCC3)cc1. The van der Waals surface area contributed by atoms with Crippen molar-refractivity contribution in [2.24, 2.45) is 0 Å². The van der Waals surface area contributed by atoms with Gasteiger partial charge in [0.1, 0.15) is 11.4 Å². The van der Waals surface area contributed by atoms with Crippen molar-refractivity contribution in [1.29, 1.82) is 0 Å². The molecule has 0 amide bonds. The van der Waals surface area contributed by atoms with E-state index in [0.717, 1.165) is 42.8 Å². The molecule has 130 valence electrons. The minimum atomic E-state index is -1.03. The fourth-order valence-electron chi connectivity index (χ4n) is 3.86. The van der Waals surface area contributed by atoms with Gasteiger partial charge in [0.25, 0.3) is 11.6 Å². The third kappa shape index (κ3) is 2.79. The quantitative estimate of drug-likeness (QED) is 0.852. The molecule has 25 heavy (non-hydrogen) atoms. The number of anilines is 1. The van der Waals surface area contributed by atoms with Crippen LogP contribution in [0.5, 0.6) is 5.75 Å². The predicted molar refractivity (Wildman–Crippen MR) is 99.7 cm³/mol. The molecular weight excluding hydrogens is 336 g/mol. The van der Waals surface area contributed by atoms with Crippen LogP contribution in [0.2, 0.25) is 5.02 Å². The van der Waals surface area contributed by atoms with Gasteiger partial charge in [-0.3, -0.25) is 0 Å². The normalized spacial score (nSPS) is 22.9. The third-order valence-electron chi connectivity index (χ3n) is 5.17. The number of rotatable bonds is 3. The number of nitrogens with zero attached hydrogens (tertiary/aromatic N) is 2. The molecule has 2 aromatic rings. The van der Waals surface area contributed by atoms with E-state index in [1.807, 2.05) is 48.5 Å². The molecule has 2 heterocycles. The average molecular weight is 358 g/mol. The Morgan fingerprint density at radius 2 is 1.80 bits per heavy atom. The Labute approximate surface area is 152 Å². The molecule has 0 aliphatic carbocycles. The third-order valence-corrected chi connectivity index (χ3v) is 5.42. The summed E-state index contributed by atoms with van der Waals surface area (Å²) in [5.74, 6) is 2.02. The van der Waals surface area contributed by atoms with Crippen molar-refractivity contribution in [3.63, 3.8) is 0 Å². The first-order valence-corrected chi connectivity index (χ1v) is 9.03. The summed E-state index contributed by atoms with van der Waals surface area (Å²) in [6, 6.07) is 15.5. The maximum Gasteiger partial charge on any atom is 0.271 e. The molecule has 0 aromatic heterocycles. The number of hydrogen-bond acceptors (Lipinski definition) is 3. The summed E-state index contributed by atoms with van der Waals surface area (Å²) < 4.78 is 7.42. The van der Waals surface area contributed by atoms with Crippen molar-refractivity contribution >= 4 is 23.1 Å². The topological polar surface area (TPSA) is 35.7 Å². The van der Waals surface area contributed by atoms with Gasteiger partial charge in [0, 0.05) is 17.0 Å². The van der Waals surface area contributed by atoms with Crippen molar-refractivity contribution < 1.29 is 14.4 Å². The van der Waals surface area contributed by atoms with Crippen LogP contribution in [0.1, 0.15) is 24.8 Å². The van der Waals surface area contributed by atoms with E-state index in [0.29, 0.717) is 11.6 Å². The maximum absolute atomic E-state index is 11.6. The molecule has 2 aromatic carbocycles. The van der Waals surface area contributed by atoms with Crippen LogP contribution in [0.15, 0.2) is 48.5 Å². The van der Waals surface area contributed by atoms with Crippen molar-refractivity contribution in [2.75, 3.05) is 25.1 Å². The lowest BCUT2D eigenvalue weighted by atomic mass is 10.0. The molecule has 2 aliphatic heterocycles. The maximum atomic E-state index is 11.6. The second-order valence-corrected chi connectivity index (χ2v) is 7.07. The zero-order valence-corrected chi connectivity index (χ0v) is 15.0. The summed E-state index contributed by atoms with van der Waals surface area (Å²) in [4.78, 5) is 2.23. The smallest absolute Gasteiger partial charge is 0.271 e. The van der Waals surface area contributed by atoms with E-state index in [1.54, 1.807) is 7.11 Å². The van der Waals surface area contributed by atoms with Crippen LogP contribution in [0.4, 0.5) is 5.69 Å². The van der Waals surface area contributed by atoms with Crippen molar-refractivity contribution in [1.82, 2.24) is 0 Å². The number of halogens is 1. The summed E-state index contributed by atoms with van der Waals surface area (Å²) in [7, 11) is 1.67. The minimum absolute atomic E-state index is 0.510. The number of ether oxygens (including phenoxy) is 1. The van der Waals surface area contributed by atoms with Crippen LogP contribution in [0.25, 0.3) is 0 Å². The van der Waals surface area contributed by atoms with Crippen LogP contribution < -0.4 is 9.64 Å². The Kier molecular flexibility index (Phi) is 4.18. The molecular formula is C20H22ClN2O2+. The van der Waals surface area contributed by atoms with Gasteiger partial charge in [0.15, 0.2) is 6.54 Å². The molecule has 0 saturated carbocycles. The highest BCUT2D eigenvalue weighted by atomic mass is 35.5. The van der Waals surface area contributed by atoms with Gasteiger partial charge in [-0.2, -0.15) is 0 Å². The first kappa shape index (κ1) is 16.4. The number of amidine groups is 1. The molecule has 5 heteroatoms. The fourth-order valence-corrected chi connectivity index (χ4v) is 3.99. The summed E-state index contributed by atoms with van der Waals surface area (Å²) >= 11 is 6.03. The van der Waals surface area contributed by atoms with Gasteiger partial charge in [0.2, 0.25) is 0 Å². The summed E-state index contributed by atoms with van der Waals surface area (Å²) in [5.41, 5.74) is 0.931. The van der Waals surface area contributed by atoms with Gasteiger partial charge < -0.3 is 9.84 Å². The minimum Gasteiger partial charge on any atom is -0.497 e. The molecule has 0 radical (unpaired) electrons. The zero-order chi connectivity index (χ0) is 17.4. The zero-order valence-electron chi connectivity index (χ0n) is 14.3. The molecule has 0 unspecified atom stereocenters. The largest absolute Gasteiger partial charge is 0.497 e. The second kappa shape index (κ2) is 6.36. The number of aliphatic hydroxyl groups is 1. The van der Waals surface area contributed by atoms with E-state index in [-0.39, 0.29) is 0 Å². The van der Waals surface area contributed by atoms with Gasteiger partial charge in [-0.05, 0) is 49.2 Å². The van der Waals surface area contributed by atoms with Crippen molar-refractivity contribution in [2.45, 2.75) is 25.0 Å². The molecule has 1 N–H and O–H groups in total. The number of methoxy groups -OCH3 is 1. The highest BCUT2D eigenvalue weighted by Gasteiger charge is 2.52. The first-order valence-electron chi connectivity index (χ1n) is 8.65. The molecule has 0 saturated heterocycles. The van der Waals surface area contributed by atoms with Crippen LogP contribution in [0.3, 0.4) is 0 Å². The Morgan fingerprint density at radius 3 is 2.48 bits per heavy atom. The standard InChI is InChI=1S/C20H22ClN2O2/c1-25-18-11-9-17(10-12-18)22-14-20(24,15-5-7-16(21)8-6-15)23-13-3-2-4-19(22)23/h5-12,24H,2-4,13-14H2,1H3/q+1/t20-/m0/s1. The lowest BCUT2D eigenvalue weighted by Gasteiger charge is -2.24. The molecule has 4 rings (SSSR count). The lowest BCUT2D eigenvalue weighted by molar-refractivity contribution is -0.661. The second-order valence-electron chi connectivity index (χ2n) is 6.63. The van der Waals surface area contributed by atoms with E-state index in [4.69, 9.17) is 16.3 Å². The Hall–Kier alpha value is -2.04. The number of β-amino-alcohol motifs (C(OH)–C–C–N with tert-alkyl or cyclic N) is 1. The van der Waals surface area contributed by atoms with Crippen LogP contribution in [-0.2, 0) is 5.72 Å². The lowest BCUT2D eigenvalue weighted by Crippen LogP contribution is -2.41. The molecule has 0 spiro atoms. The van der Waals surface area contributed by atoms with Gasteiger partial charge in [-0.25, -0.2) is 9.48 Å². The van der Waals surface area contributed by atoms with Crippen LogP contribution in [-0.4, -0.2) is 35.7 Å². The molecule has 4 nitrogen and oxygen atoms in total. The number of hydrogen-bond donors (Lipinski definition) is 1. The molecule has 2 aliphatic rings. The number of benzene rings is 2. The Morgan fingerprint density at radius 1 is 1.08 bits per heavy atom. The van der Waals surface area contributed by atoms with Gasteiger partial charge >= 0.3 is 0 Å². The van der Waals surface area contributed by atoms with Gasteiger partial charge in [-0.1, -0.05) is 23.7 Å². The summed E-state index contributed by atoms with van der Waals surface area (Å²) in [5, 5.41) is 12.3. The van der Waals surface area contributed by atoms with Crippen molar-refractivity contribution in [3.8, 4) is 5.75 Å². The van der Waals surface area contributed by atoms with Crippen LogP contribution in [0, 0.1) is 0 Å². The highest BCUT2D eigenvalue weighted by molar-refractivity contribution is 6.30. The molecule has 0 bridgehead atoms. The predicted octanol–water partition coefficient (Wildman–Crippen LogP) is 3.61. The fraction of sp³-hybridized carbons (Fsp3) is 0.350. The monoisotopic (exact) mass is 357 g/mol. The Bertz CT molecular complexity index is 801.